The summed E-state index contributed by atoms with van der Waals surface area (Å²) in [5, 5.41) is 2.74. The van der Waals surface area contributed by atoms with Crippen molar-refractivity contribution in [3.8, 4) is 5.75 Å². The van der Waals surface area contributed by atoms with E-state index in [4.69, 9.17) is 4.74 Å². The maximum atomic E-state index is 12.7. The van der Waals surface area contributed by atoms with Crippen molar-refractivity contribution >= 4 is 29.3 Å². The third-order valence-corrected chi connectivity index (χ3v) is 4.55. The highest BCUT2D eigenvalue weighted by atomic mass is 32.2. The molecule has 150 valence electrons. The number of amides is 2. The minimum Gasteiger partial charge on any atom is -0.495 e. The fourth-order valence-electron chi connectivity index (χ4n) is 2.59. The van der Waals surface area contributed by atoms with Crippen molar-refractivity contribution in [1.82, 2.24) is 4.90 Å². The minimum atomic E-state index is -2.52. The predicted octanol–water partition coefficient (Wildman–Crippen LogP) is 4.50. The van der Waals surface area contributed by atoms with Crippen molar-refractivity contribution in [2.45, 2.75) is 24.0 Å². The first-order valence-electron chi connectivity index (χ1n) is 8.71. The topological polar surface area (TPSA) is 58.6 Å². The molecular formula is C20H22F2N2O3S. The smallest absolute Gasteiger partial charge is 0.288 e. The van der Waals surface area contributed by atoms with Crippen molar-refractivity contribution in [3.05, 3.63) is 54.1 Å². The largest absolute Gasteiger partial charge is 0.495 e. The van der Waals surface area contributed by atoms with Crippen LogP contribution in [0.4, 0.5) is 14.5 Å². The lowest BCUT2D eigenvalue weighted by molar-refractivity contribution is -0.116. The van der Waals surface area contributed by atoms with Gasteiger partial charge in [-0.1, -0.05) is 30.8 Å². The lowest BCUT2D eigenvalue weighted by Gasteiger charge is -2.22. The summed E-state index contributed by atoms with van der Waals surface area (Å²) in [7, 11) is 1.51. The van der Waals surface area contributed by atoms with Gasteiger partial charge in [0.15, 0.2) is 0 Å². The summed E-state index contributed by atoms with van der Waals surface area (Å²) in [5.74, 6) is -2.67. The number of hydrogen-bond acceptors (Lipinski definition) is 4. The van der Waals surface area contributed by atoms with Crippen molar-refractivity contribution < 1.29 is 23.1 Å². The molecule has 2 aromatic rings. The Labute approximate surface area is 167 Å². The second-order valence-corrected chi connectivity index (χ2v) is 6.94. The number of carbonyl (C=O) groups excluding carboxylic acids is 2. The Morgan fingerprint density at radius 2 is 1.82 bits per heavy atom. The SMILES string of the molecule is CCCN(CC(=O)Nc1ccccc1OC)C(=O)c1ccc(SC(F)F)cc1. The van der Waals surface area contributed by atoms with Gasteiger partial charge in [-0.05, 0) is 42.8 Å². The standard InChI is InChI=1S/C20H22F2N2O3S/c1-3-12-24(13-18(25)23-16-6-4-5-7-17(16)27-2)19(26)14-8-10-15(11-9-14)28-20(21)22/h4-11,20H,3,12-13H2,1-2H3,(H,23,25). The second kappa shape index (κ2) is 10.7. The first-order valence-corrected chi connectivity index (χ1v) is 9.59. The number of thioether (sulfide) groups is 1. The van der Waals surface area contributed by atoms with Gasteiger partial charge in [-0.2, -0.15) is 8.78 Å². The number of nitrogens with zero attached hydrogens (tertiary/aromatic N) is 1. The number of rotatable bonds is 9. The van der Waals surface area contributed by atoms with Gasteiger partial charge in [0, 0.05) is 17.0 Å². The molecule has 1 N–H and O–H groups in total. The van der Waals surface area contributed by atoms with E-state index in [9.17, 15) is 18.4 Å². The highest BCUT2D eigenvalue weighted by molar-refractivity contribution is 7.99. The van der Waals surface area contributed by atoms with Crippen molar-refractivity contribution in [2.75, 3.05) is 25.5 Å². The molecule has 2 amide bonds. The van der Waals surface area contributed by atoms with Crippen molar-refractivity contribution in [2.24, 2.45) is 0 Å². The zero-order valence-electron chi connectivity index (χ0n) is 15.7. The van der Waals surface area contributed by atoms with Gasteiger partial charge < -0.3 is 15.0 Å². The molecule has 0 heterocycles. The van der Waals surface area contributed by atoms with E-state index in [0.717, 1.165) is 0 Å². The molecule has 0 radical (unpaired) electrons. The molecule has 2 aromatic carbocycles. The van der Waals surface area contributed by atoms with E-state index < -0.39 is 5.76 Å². The van der Waals surface area contributed by atoms with Crippen molar-refractivity contribution in [1.29, 1.82) is 0 Å². The molecule has 0 aliphatic rings. The molecule has 0 fully saturated rings. The number of carbonyl (C=O) groups is 2. The summed E-state index contributed by atoms with van der Waals surface area (Å²) >= 11 is 0.419. The summed E-state index contributed by atoms with van der Waals surface area (Å²) in [4.78, 5) is 27.0. The van der Waals surface area contributed by atoms with Crippen LogP contribution in [-0.2, 0) is 4.79 Å². The zero-order valence-corrected chi connectivity index (χ0v) is 16.5. The molecule has 28 heavy (non-hydrogen) atoms. The van der Waals surface area contributed by atoms with Crippen LogP contribution in [0, 0.1) is 0 Å². The maximum absolute atomic E-state index is 12.7. The molecular weight excluding hydrogens is 386 g/mol. The quantitative estimate of drug-likeness (QED) is 0.621. The number of para-hydroxylation sites is 2. The van der Waals surface area contributed by atoms with Gasteiger partial charge in [0.05, 0.1) is 12.8 Å². The Morgan fingerprint density at radius 3 is 2.43 bits per heavy atom. The number of halogens is 2. The maximum Gasteiger partial charge on any atom is 0.288 e. The second-order valence-electron chi connectivity index (χ2n) is 5.88. The predicted molar refractivity (Wildman–Crippen MR) is 106 cm³/mol. The molecule has 0 saturated carbocycles. The summed E-state index contributed by atoms with van der Waals surface area (Å²) in [6.45, 7) is 2.17. The van der Waals surface area contributed by atoms with E-state index >= 15 is 0 Å². The number of methoxy groups -OCH3 is 1. The average molecular weight is 408 g/mol. The molecule has 0 atom stereocenters. The molecule has 0 bridgehead atoms. The van der Waals surface area contributed by atoms with Crippen LogP contribution in [0.3, 0.4) is 0 Å². The normalized spacial score (nSPS) is 10.6. The van der Waals surface area contributed by atoms with E-state index in [0.29, 0.717) is 46.6 Å². The molecule has 0 saturated heterocycles. The summed E-state index contributed by atoms with van der Waals surface area (Å²) < 4.78 is 30.0. The minimum absolute atomic E-state index is 0.127. The van der Waals surface area contributed by atoms with Crippen LogP contribution in [0.2, 0.25) is 0 Å². The van der Waals surface area contributed by atoms with E-state index in [1.165, 1.54) is 36.3 Å². The lowest BCUT2D eigenvalue weighted by atomic mass is 10.2. The fraction of sp³-hybridized carbons (Fsp3) is 0.300. The van der Waals surface area contributed by atoms with Crippen LogP contribution in [0.15, 0.2) is 53.4 Å². The van der Waals surface area contributed by atoms with E-state index in [-0.39, 0.29) is 18.4 Å². The number of benzene rings is 2. The van der Waals surface area contributed by atoms with Crippen LogP contribution in [0.25, 0.3) is 0 Å². The molecule has 0 spiro atoms. The van der Waals surface area contributed by atoms with Gasteiger partial charge in [-0.3, -0.25) is 9.59 Å². The van der Waals surface area contributed by atoms with E-state index in [2.05, 4.69) is 5.32 Å². The molecule has 2 rings (SSSR count). The van der Waals surface area contributed by atoms with Crippen LogP contribution in [0.5, 0.6) is 5.75 Å². The Balaban J connectivity index is 2.07. The Bertz CT molecular complexity index is 800. The Kier molecular flexibility index (Phi) is 8.25. The molecule has 0 unspecified atom stereocenters. The third-order valence-electron chi connectivity index (χ3n) is 3.82. The first kappa shape index (κ1) is 21.7. The van der Waals surface area contributed by atoms with Gasteiger partial charge in [-0.25, -0.2) is 0 Å². The fourth-order valence-corrected chi connectivity index (χ4v) is 3.09. The van der Waals surface area contributed by atoms with Gasteiger partial charge >= 0.3 is 0 Å². The molecule has 8 heteroatoms. The number of anilines is 1. The highest BCUT2D eigenvalue weighted by Crippen LogP contribution is 2.25. The highest BCUT2D eigenvalue weighted by Gasteiger charge is 2.19. The van der Waals surface area contributed by atoms with Gasteiger partial charge in [-0.15, -0.1) is 0 Å². The van der Waals surface area contributed by atoms with Crippen LogP contribution in [-0.4, -0.2) is 42.7 Å². The molecule has 0 aliphatic carbocycles. The summed E-state index contributed by atoms with van der Waals surface area (Å²) in [6, 6.07) is 12.9. The average Bonchev–Trinajstić information content (AvgIpc) is 2.67. The Hall–Kier alpha value is -2.61. The van der Waals surface area contributed by atoms with Crippen LogP contribution < -0.4 is 10.1 Å². The number of nitrogens with one attached hydrogen (secondary N) is 1. The van der Waals surface area contributed by atoms with Gasteiger partial charge in [0.2, 0.25) is 5.91 Å². The van der Waals surface area contributed by atoms with Gasteiger partial charge in [0.25, 0.3) is 11.7 Å². The van der Waals surface area contributed by atoms with E-state index in [1.54, 1.807) is 24.3 Å². The third kappa shape index (κ3) is 6.23. The van der Waals surface area contributed by atoms with Crippen LogP contribution in [0.1, 0.15) is 23.7 Å². The Morgan fingerprint density at radius 1 is 1.14 bits per heavy atom. The summed E-state index contributed by atoms with van der Waals surface area (Å²) in [5.41, 5.74) is 0.865. The van der Waals surface area contributed by atoms with Crippen LogP contribution >= 0.6 is 11.8 Å². The zero-order chi connectivity index (χ0) is 20.5. The summed E-state index contributed by atoms with van der Waals surface area (Å²) in [6.07, 6.45) is 0.674. The lowest BCUT2D eigenvalue weighted by Crippen LogP contribution is -2.38. The monoisotopic (exact) mass is 408 g/mol. The number of alkyl halides is 2. The molecule has 0 aromatic heterocycles. The molecule has 5 nitrogen and oxygen atoms in total. The first-order chi connectivity index (χ1) is 13.4. The molecule has 0 aliphatic heterocycles. The van der Waals surface area contributed by atoms with E-state index in [1.807, 2.05) is 6.92 Å². The number of ether oxygens (including phenoxy) is 1. The van der Waals surface area contributed by atoms with Gasteiger partial charge in [0.1, 0.15) is 12.3 Å². The van der Waals surface area contributed by atoms with Crippen molar-refractivity contribution in [3.63, 3.8) is 0 Å². The number of hydrogen-bond donors (Lipinski definition) is 1.